The zero-order valence-corrected chi connectivity index (χ0v) is 13.6. The average Bonchev–Trinajstić information content (AvgIpc) is 2.62. The van der Waals surface area contributed by atoms with Crippen LogP contribution in [0.15, 0.2) is 30.3 Å². The standard InChI is InChI=1S/C19H25NO3/c21-18(16-9-5-2-6-10-16)19(22)20-11-12-23-17(14-20)13-15-7-3-1-4-8-15/h2,5-6,9-10,15,17H,1,3-4,7-8,11-14H2/t17-/m1/s1. The molecule has 0 spiro atoms. The highest BCUT2D eigenvalue weighted by molar-refractivity contribution is 6.42. The third-order valence-corrected chi connectivity index (χ3v) is 4.98. The third kappa shape index (κ3) is 4.20. The van der Waals surface area contributed by atoms with E-state index in [4.69, 9.17) is 4.74 Å². The molecule has 0 N–H and O–H groups in total. The van der Waals surface area contributed by atoms with Gasteiger partial charge in [0.1, 0.15) is 0 Å². The van der Waals surface area contributed by atoms with Gasteiger partial charge in [0.2, 0.25) is 5.78 Å². The molecule has 1 saturated heterocycles. The van der Waals surface area contributed by atoms with E-state index in [2.05, 4.69) is 0 Å². The van der Waals surface area contributed by atoms with Crippen molar-refractivity contribution >= 4 is 11.7 Å². The molecule has 0 unspecified atom stereocenters. The van der Waals surface area contributed by atoms with E-state index < -0.39 is 11.7 Å². The van der Waals surface area contributed by atoms with Crippen molar-refractivity contribution in [2.45, 2.75) is 44.6 Å². The fourth-order valence-electron chi connectivity index (χ4n) is 3.70. The van der Waals surface area contributed by atoms with Crippen molar-refractivity contribution in [3.8, 4) is 0 Å². The Bertz CT molecular complexity index is 537. The van der Waals surface area contributed by atoms with Crippen molar-refractivity contribution in [2.75, 3.05) is 19.7 Å². The van der Waals surface area contributed by atoms with Gasteiger partial charge in [-0.25, -0.2) is 0 Å². The normalized spacial score (nSPS) is 22.8. The number of ether oxygens (including phenoxy) is 1. The Morgan fingerprint density at radius 3 is 2.57 bits per heavy atom. The minimum atomic E-state index is -0.413. The van der Waals surface area contributed by atoms with Crippen LogP contribution < -0.4 is 0 Å². The second kappa shape index (κ2) is 7.73. The molecule has 1 heterocycles. The van der Waals surface area contributed by atoms with Gasteiger partial charge in [-0.1, -0.05) is 62.4 Å². The van der Waals surface area contributed by atoms with Crippen LogP contribution in [0.25, 0.3) is 0 Å². The minimum absolute atomic E-state index is 0.0828. The highest BCUT2D eigenvalue weighted by Crippen LogP contribution is 2.29. The summed E-state index contributed by atoms with van der Waals surface area (Å²) >= 11 is 0. The summed E-state index contributed by atoms with van der Waals surface area (Å²) < 4.78 is 5.84. The number of carbonyl (C=O) groups excluding carboxylic acids is 2. The predicted octanol–water partition coefficient (Wildman–Crippen LogP) is 3.07. The number of rotatable bonds is 4. The molecule has 4 heteroatoms. The topological polar surface area (TPSA) is 46.6 Å². The third-order valence-electron chi connectivity index (χ3n) is 4.98. The monoisotopic (exact) mass is 315 g/mol. The van der Waals surface area contributed by atoms with Crippen molar-refractivity contribution in [1.29, 1.82) is 0 Å². The molecule has 4 nitrogen and oxygen atoms in total. The SMILES string of the molecule is O=C(C(=O)N1CCO[C@H](CC2CCCCC2)C1)c1ccccc1. The Balaban J connectivity index is 1.57. The zero-order valence-electron chi connectivity index (χ0n) is 13.6. The van der Waals surface area contributed by atoms with E-state index in [-0.39, 0.29) is 6.10 Å². The van der Waals surface area contributed by atoms with E-state index in [0.717, 1.165) is 6.42 Å². The second-order valence-electron chi connectivity index (χ2n) is 6.68. The van der Waals surface area contributed by atoms with Crippen LogP contribution >= 0.6 is 0 Å². The first-order valence-corrected chi connectivity index (χ1v) is 8.74. The van der Waals surface area contributed by atoms with Gasteiger partial charge in [0.05, 0.1) is 12.7 Å². The number of morpholine rings is 1. The summed E-state index contributed by atoms with van der Waals surface area (Å²) in [5.74, 6) is -0.0920. The molecule has 1 amide bonds. The van der Waals surface area contributed by atoms with Gasteiger partial charge in [0.25, 0.3) is 5.91 Å². The van der Waals surface area contributed by atoms with Crippen LogP contribution in [0.2, 0.25) is 0 Å². The average molecular weight is 315 g/mol. The van der Waals surface area contributed by atoms with Crippen LogP contribution in [0.1, 0.15) is 48.9 Å². The summed E-state index contributed by atoms with van der Waals surface area (Å²) in [7, 11) is 0. The van der Waals surface area contributed by atoms with Crippen molar-refractivity contribution in [3.05, 3.63) is 35.9 Å². The summed E-state index contributed by atoms with van der Waals surface area (Å²) in [6, 6.07) is 8.80. The summed E-state index contributed by atoms with van der Waals surface area (Å²) in [6.07, 6.45) is 7.62. The number of hydrogen-bond donors (Lipinski definition) is 0. The van der Waals surface area contributed by atoms with Crippen molar-refractivity contribution in [1.82, 2.24) is 4.90 Å². The predicted molar refractivity (Wildman–Crippen MR) is 88.3 cm³/mol. The molecule has 3 rings (SSSR count). The first-order valence-electron chi connectivity index (χ1n) is 8.74. The number of nitrogens with zero attached hydrogens (tertiary/aromatic N) is 1. The van der Waals surface area contributed by atoms with Gasteiger partial charge in [-0.3, -0.25) is 9.59 Å². The molecule has 124 valence electrons. The quantitative estimate of drug-likeness (QED) is 0.634. The molecule has 23 heavy (non-hydrogen) atoms. The maximum absolute atomic E-state index is 12.5. The number of amides is 1. The molecular formula is C19H25NO3. The maximum atomic E-state index is 12.5. The van der Waals surface area contributed by atoms with Gasteiger partial charge in [-0.05, 0) is 12.3 Å². The Hall–Kier alpha value is -1.68. The Morgan fingerprint density at radius 2 is 1.83 bits per heavy atom. The van der Waals surface area contributed by atoms with Crippen molar-refractivity contribution < 1.29 is 14.3 Å². The minimum Gasteiger partial charge on any atom is -0.375 e. The summed E-state index contributed by atoms with van der Waals surface area (Å²) in [5.41, 5.74) is 0.466. The second-order valence-corrected chi connectivity index (χ2v) is 6.68. The molecule has 1 saturated carbocycles. The lowest BCUT2D eigenvalue weighted by Gasteiger charge is -2.35. The van der Waals surface area contributed by atoms with Crippen LogP contribution in [0.3, 0.4) is 0 Å². The summed E-state index contributed by atoms with van der Waals surface area (Å²) in [6.45, 7) is 1.59. The fraction of sp³-hybridized carbons (Fsp3) is 0.579. The maximum Gasteiger partial charge on any atom is 0.295 e. The number of hydrogen-bond acceptors (Lipinski definition) is 3. The number of ketones is 1. The van der Waals surface area contributed by atoms with Crippen molar-refractivity contribution in [3.63, 3.8) is 0 Å². The lowest BCUT2D eigenvalue weighted by Crippen LogP contribution is -2.48. The van der Waals surface area contributed by atoms with E-state index in [1.165, 1.54) is 32.1 Å². The van der Waals surface area contributed by atoms with Crippen LogP contribution in [0, 0.1) is 5.92 Å². The van der Waals surface area contributed by atoms with Crippen LogP contribution in [0.5, 0.6) is 0 Å². The smallest absolute Gasteiger partial charge is 0.295 e. The van der Waals surface area contributed by atoms with Gasteiger partial charge in [-0.2, -0.15) is 0 Å². The van der Waals surface area contributed by atoms with Crippen LogP contribution in [-0.4, -0.2) is 42.4 Å². The van der Waals surface area contributed by atoms with Crippen LogP contribution in [-0.2, 0) is 9.53 Å². The van der Waals surface area contributed by atoms with E-state index in [1.807, 2.05) is 6.07 Å². The molecule has 1 aliphatic carbocycles. The molecule has 0 bridgehead atoms. The van der Waals surface area contributed by atoms with Gasteiger partial charge < -0.3 is 9.64 Å². The lowest BCUT2D eigenvalue weighted by molar-refractivity contribution is -0.134. The first-order chi connectivity index (χ1) is 11.2. The van der Waals surface area contributed by atoms with Crippen LogP contribution in [0.4, 0.5) is 0 Å². The number of Topliss-reactive ketones (excluding diaryl/α,β-unsaturated/α-hetero) is 1. The Kier molecular flexibility index (Phi) is 5.44. The zero-order chi connectivity index (χ0) is 16.1. The van der Waals surface area contributed by atoms with E-state index in [1.54, 1.807) is 29.2 Å². The Morgan fingerprint density at radius 1 is 1.09 bits per heavy atom. The van der Waals surface area contributed by atoms with Gasteiger partial charge in [-0.15, -0.1) is 0 Å². The summed E-state index contributed by atoms with van der Waals surface area (Å²) in [5, 5.41) is 0. The van der Waals surface area contributed by atoms with E-state index >= 15 is 0 Å². The number of carbonyl (C=O) groups is 2. The van der Waals surface area contributed by atoms with E-state index in [9.17, 15) is 9.59 Å². The molecule has 0 aromatic heterocycles. The molecule has 0 radical (unpaired) electrons. The molecule has 2 aliphatic rings. The van der Waals surface area contributed by atoms with Gasteiger partial charge >= 0.3 is 0 Å². The van der Waals surface area contributed by atoms with Gasteiger partial charge in [0.15, 0.2) is 0 Å². The molecule has 1 aromatic rings. The largest absolute Gasteiger partial charge is 0.375 e. The Labute approximate surface area is 137 Å². The highest BCUT2D eigenvalue weighted by Gasteiger charge is 2.30. The van der Waals surface area contributed by atoms with Gasteiger partial charge in [0, 0.05) is 18.7 Å². The molecule has 1 atom stereocenters. The first kappa shape index (κ1) is 16.2. The highest BCUT2D eigenvalue weighted by atomic mass is 16.5. The molecule has 1 aliphatic heterocycles. The van der Waals surface area contributed by atoms with Crippen molar-refractivity contribution in [2.24, 2.45) is 5.92 Å². The lowest BCUT2D eigenvalue weighted by atomic mass is 9.85. The summed E-state index contributed by atoms with van der Waals surface area (Å²) in [4.78, 5) is 26.4. The molecule has 1 aromatic carbocycles. The molecular weight excluding hydrogens is 290 g/mol. The number of benzene rings is 1. The molecule has 2 fully saturated rings. The fourth-order valence-corrected chi connectivity index (χ4v) is 3.70. The van der Waals surface area contributed by atoms with E-state index in [0.29, 0.717) is 31.2 Å².